The van der Waals surface area contributed by atoms with Crippen LogP contribution in [0, 0.1) is 11.8 Å². The zero-order valence-electron chi connectivity index (χ0n) is 12.6. The fourth-order valence-electron chi connectivity index (χ4n) is 2.54. The lowest BCUT2D eigenvalue weighted by molar-refractivity contribution is -0.142. The number of likely N-dealkylation sites (tertiary alicyclic amines) is 1. The summed E-state index contributed by atoms with van der Waals surface area (Å²) in [6.07, 6.45) is 1.53. The van der Waals surface area contributed by atoms with Crippen molar-refractivity contribution in [3.8, 4) is 0 Å². The van der Waals surface area contributed by atoms with E-state index < -0.39 is 0 Å². The first-order valence-electron chi connectivity index (χ1n) is 7.16. The number of ether oxygens (including phenoxy) is 1. The molecule has 2 unspecified atom stereocenters. The number of hydrogen-bond donors (Lipinski definition) is 2. The summed E-state index contributed by atoms with van der Waals surface area (Å²) in [5.74, 6) is -0.0144. The molecule has 2 N–H and O–H groups in total. The number of nitrogens with zero attached hydrogens (tertiary/aromatic N) is 1. The van der Waals surface area contributed by atoms with Crippen LogP contribution in [0.3, 0.4) is 0 Å². The van der Waals surface area contributed by atoms with Crippen molar-refractivity contribution >= 4 is 11.9 Å². The molecule has 6 heteroatoms. The molecule has 0 bridgehead atoms. The third kappa shape index (κ3) is 5.46. The minimum absolute atomic E-state index is 0.0256. The highest BCUT2D eigenvalue weighted by Crippen LogP contribution is 2.20. The summed E-state index contributed by atoms with van der Waals surface area (Å²) in [6, 6.07) is 0.0276. The Balaban J connectivity index is 2.60. The third-order valence-corrected chi connectivity index (χ3v) is 3.60. The van der Waals surface area contributed by atoms with Gasteiger partial charge < -0.3 is 15.2 Å². The van der Waals surface area contributed by atoms with Gasteiger partial charge in [0.25, 0.3) is 0 Å². The number of nitrogens with one attached hydrogen (secondary N) is 1. The molecule has 0 aromatic rings. The van der Waals surface area contributed by atoms with E-state index in [9.17, 15) is 9.59 Å². The quantitative estimate of drug-likeness (QED) is 0.672. The molecule has 0 spiro atoms. The molecule has 116 valence electrons. The first-order valence-corrected chi connectivity index (χ1v) is 7.16. The molecule has 0 aromatic heterocycles. The van der Waals surface area contributed by atoms with Crippen LogP contribution in [-0.2, 0) is 14.3 Å². The maximum atomic E-state index is 11.8. The van der Waals surface area contributed by atoms with Gasteiger partial charge in [0.15, 0.2) is 0 Å². The zero-order chi connectivity index (χ0) is 15.1. The van der Waals surface area contributed by atoms with Gasteiger partial charge in [-0.3, -0.25) is 14.5 Å². The molecule has 0 aliphatic carbocycles. The highest BCUT2D eigenvalue weighted by molar-refractivity contribution is 5.78. The van der Waals surface area contributed by atoms with Gasteiger partial charge >= 0.3 is 5.97 Å². The lowest BCUT2D eigenvalue weighted by Gasteiger charge is -2.37. The van der Waals surface area contributed by atoms with Gasteiger partial charge in [0.05, 0.1) is 13.7 Å². The molecule has 2 atom stereocenters. The van der Waals surface area contributed by atoms with Crippen LogP contribution in [-0.4, -0.2) is 61.3 Å². The molecule has 1 amide bonds. The van der Waals surface area contributed by atoms with E-state index >= 15 is 0 Å². The molecule has 1 fully saturated rings. The lowest BCUT2D eigenvalue weighted by Crippen LogP contribution is -2.52. The van der Waals surface area contributed by atoms with Gasteiger partial charge in [-0.05, 0) is 18.8 Å². The topological polar surface area (TPSA) is 78.9 Å². The Hall–Kier alpha value is -1.14. The second-order valence-corrected chi connectivity index (χ2v) is 5.74. The Morgan fingerprint density at radius 3 is 2.65 bits per heavy atom. The fraction of sp³-hybridized carbons (Fsp3) is 0.857. The number of carbonyl (C=O) groups excluding carboxylic acids is 2. The summed E-state index contributed by atoms with van der Waals surface area (Å²) in [4.78, 5) is 25.2. The number of carbonyl (C=O) groups is 2. The van der Waals surface area contributed by atoms with Gasteiger partial charge in [-0.1, -0.05) is 13.8 Å². The molecular formula is C14H26N2O4. The van der Waals surface area contributed by atoms with E-state index in [4.69, 9.17) is 5.11 Å². The van der Waals surface area contributed by atoms with Gasteiger partial charge in [-0.2, -0.15) is 0 Å². The summed E-state index contributed by atoms with van der Waals surface area (Å²) < 4.78 is 4.69. The Kier molecular flexibility index (Phi) is 6.95. The second-order valence-electron chi connectivity index (χ2n) is 5.74. The van der Waals surface area contributed by atoms with Crippen molar-refractivity contribution in [1.29, 1.82) is 0 Å². The van der Waals surface area contributed by atoms with Gasteiger partial charge in [0, 0.05) is 31.7 Å². The number of methoxy groups -OCH3 is 1. The van der Waals surface area contributed by atoms with E-state index in [0.717, 1.165) is 13.0 Å². The van der Waals surface area contributed by atoms with Gasteiger partial charge in [-0.25, -0.2) is 0 Å². The van der Waals surface area contributed by atoms with Crippen molar-refractivity contribution in [2.75, 3.05) is 33.4 Å². The third-order valence-electron chi connectivity index (χ3n) is 3.60. The minimum atomic E-state index is -0.274. The molecule has 1 heterocycles. The van der Waals surface area contributed by atoms with Crippen LogP contribution >= 0.6 is 0 Å². The van der Waals surface area contributed by atoms with Gasteiger partial charge in [0.2, 0.25) is 5.91 Å². The molecule has 1 rings (SSSR count). The summed E-state index contributed by atoms with van der Waals surface area (Å²) >= 11 is 0. The number of esters is 1. The van der Waals surface area contributed by atoms with Crippen molar-refractivity contribution in [3.63, 3.8) is 0 Å². The van der Waals surface area contributed by atoms with Crippen LogP contribution in [0.5, 0.6) is 0 Å². The molecule has 6 nitrogen and oxygen atoms in total. The molecular weight excluding hydrogens is 260 g/mol. The highest BCUT2D eigenvalue weighted by atomic mass is 16.5. The van der Waals surface area contributed by atoms with Gasteiger partial charge in [0.1, 0.15) is 0 Å². The van der Waals surface area contributed by atoms with Crippen LogP contribution in [0.4, 0.5) is 0 Å². The van der Waals surface area contributed by atoms with Crippen molar-refractivity contribution < 1.29 is 19.4 Å². The number of rotatable bonds is 6. The maximum absolute atomic E-state index is 11.8. The molecule has 0 aromatic carbocycles. The monoisotopic (exact) mass is 286 g/mol. The fourth-order valence-corrected chi connectivity index (χ4v) is 2.54. The molecule has 20 heavy (non-hydrogen) atoms. The summed E-state index contributed by atoms with van der Waals surface area (Å²) in [6.45, 7) is 5.47. The van der Waals surface area contributed by atoms with Crippen LogP contribution in [0.25, 0.3) is 0 Å². The Morgan fingerprint density at radius 2 is 2.10 bits per heavy atom. The normalized spacial score (nSPS) is 23.6. The number of amides is 1. The number of aliphatic hydroxyl groups is 1. The van der Waals surface area contributed by atoms with Crippen molar-refractivity contribution in [3.05, 3.63) is 0 Å². The summed E-state index contributed by atoms with van der Waals surface area (Å²) in [5.41, 5.74) is 0. The van der Waals surface area contributed by atoms with E-state index in [1.807, 2.05) is 18.7 Å². The SMILES string of the molecule is COC(=O)CN1CC(CCO)CC(NC(=O)C(C)C)C1. The van der Waals surface area contributed by atoms with Crippen molar-refractivity contribution in [2.24, 2.45) is 11.8 Å². The van der Waals surface area contributed by atoms with Crippen LogP contribution in [0.1, 0.15) is 26.7 Å². The molecule has 1 aliphatic rings. The largest absolute Gasteiger partial charge is 0.468 e. The predicted molar refractivity (Wildman–Crippen MR) is 75.0 cm³/mol. The Labute approximate surface area is 120 Å². The number of hydrogen-bond acceptors (Lipinski definition) is 5. The zero-order valence-corrected chi connectivity index (χ0v) is 12.6. The van der Waals surface area contributed by atoms with Gasteiger partial charge in [-0.15, -0.1) is 0 Å². The average molecular weight is 286 g/mol. The van der Waals surface area contributed by atoms with E-state index in [1.165, 1.54) is 7.11 Å². The maximum Gasteiger partial charge on any atom is 0.319 e. The summed E-state index contributed by atoms with van der Waals surface area (Å²) in [7, 11) is 1.37. The standard InChI is InChI=1S/C14H26N2O4/c1-10(2)14(19)15-12-6-11(4-5-17)7-16(8-12)9-13(18)20-3/h10-12,17H,4-9H2,1-3H3,(H,15,19). The van der Waals surface area contributed by atoms with Crippen LogP contribution < -0.4 is 5.32 Å². The summed E-state index contributed by atoms with van der Waals surface area (Å²) in [5, 5.41) is 12.1. The first-order chi connectivity index (χ1) is 9.46. The molecule has 1 saturated heterocycles. The minimum Gasteiger partial charge on any atom is -0.468 e. The van der Waals surface area contributed by atoms with Crippen LogP contribution in [0.2, 0.25) is 0 Å². The second kappa shape index (κ2) is 8.21. The molecule has 0 saturated carbocycles. The number of aliphatic hydroxyl groups excluding tert-OH is 1. The van der Waals surface area contributed by atoms with E-state index in [0.29, 0.717) is 13.0 Å². The van der Waals surface area contributed by atoms with E-state index in [2.05, 4.69) is 10.1 Å². The van der Waals surface area contributed by atoms with Crippen LogP contribution in [0.15, 0.2) is 0 Å². The molecule has 0 radical (unpaired) electrons. The van der Waals surface area contributed by atoms with E-state index in [-0.39, 0.29) is 42.9 Å². The van der Waals surface area contributed by atoms with Crippen molar-refractivity contribution in [2.45, 2.75) is 32.7 Å². The lowest BCUT2D eigenvalue weighted by atomic mass is 9.91. The first kappa shape index (κ1) is 16.9. The average Bonchev–Trinajstić information content (AvgIpc) is 2.38. The Bertz CT molecular complexity index is 333. The van der Waals surface area contributed by atoms with E-state index in [1.54, 1.807) is 0 Å². The Morgan fingerprint density at radius 1 is 1.40 bits per heavy atom. The predicted octanol–water partition coefficient (Wildman–Crippen LogP) is 0.00450. The molecule has 1 aliphatic heterocycles. The highest BCUT2D eigenvalue weighted by Gasteiger charge is 2.29. The smallest absolute Gasteiger partial charge is 0.319 e. The number of piperidine rings is 1. The van der Waals surface area contributed by atoms with Crippen molar-refractivity contribution in [1.82, 2.24) is 10.2 Å².